The van der Waals surface area contributed by atoms with E-state index in [-0.39, 0.29) is 24.6 Å². The van der Waals surface area contributed by atoms with Gasteiger partial charge in [-0.1, -0.05) is 0 Å². The van der Waals surface area contributed by atoms with E-state index in [2.05, 4.69) is 0 Å². The molecule has 0 spiro atoms. The summed E-state index contributed by atoms with van der Waals surface area (Å²) in [4.78, 5) is 12.6. The minimum absolute atomic E-state index is 0.0321. The zero-order valence-corrected chi connectivity index (χ0v) is 11.0. The van der Waals surface area contributed by atoms with Crippen LogP contribution in [0.3, 0.4) is 0 Å². The number of halogens is 3. The lowest BCUT2D eigenvalue weighted by atomic mass is 10.2. The van der Waals surface area contributed by atoms with Gasteiger partial charge in [-0.05, 0) is 18.6 Å². The summed E-state index contributed by atoms with van der Waals surface area (Å²) < 4.78 is 37.1. The highest BCUT2D eigenvalue weighted by Gasteiger charge is 2.30. The minimum Gasteiger partial charge on any atom is -0.477 e. The monoisotopic (exact) mass is 297 g/mol. The number of carbonyl (C=O) groups is 1. The van der Waals surface area contributed by atoms with E-state index in [9.17, 15) is 18.0 Å². The Kier molecular flexibility index (Phi) is 5.33. The fourth-order valence-electron chi connectivity index (χ4n) is 1.63. The molecule has 0 radical (unpaired) electrons. The van der Waals surface area contributed by atoms with Crippen molar-refractivity contribution in [2.45, 2.75) is 19.6 Å². The SMILES string of the molecule is Cc1sc(C(=O)O)cc1CN(CCO)CC(F)(F)F. The van der Waals surface area contributed by atoms with Gasteiger partial charge in [-0.3, -0.25) is 4.90 Å². The summed E-state index contributed by atoms with van der Waals surface area (Å²) in [5.74, 6) is -1.09. The molecule has 0 amide bonds. The van der Waals surface area contributed by atoms with Crippen LogP contribution in [0, 0.1) is 6.92 Å². The van der Waals surface area contributed by atoms with Gasteiger partial charge in [-0.25, -0.2) is 4.79 Å². The van der Waals surface area contributed by atoms with E-state index in [0.29, 0.717) is 10.4 Å². The maximum absolute atomic E-state index is 12.4. The predicted molar refractivity (Wildman–Crippen MR) is 64.4 cm³/mol. The highest BCUT2D eigenvalue weighted by Crippen LogP contribution is 2.24. The molecule has 1 rings (SSSR count). The van der Waals surface area contributed by atoms with Gasteiger partial charge >= 0.3 is 12.1 Å². The molecule has 0 saturated carbocycles. The highest BCUT2D eigenvalue weighted by atomic mass is 32.1. The zero-order chi connectivity index (χ0) is 14.6. The molecule has 0 fully saturated rings. The van der Waals surface area contributed by atoms with Gasteiger partial charge in [0.2, 0.25) is 0 Å². The van der Waals surface area contributed by atoms with Crippen LogP contribution in [0.2, 0.25) is 0 Å². The molecule has 0 saturated heterocycles. The third-order valence-electron chi connectivity index (χ3n) is 2.44. The molecule has 1 aromatic rings. The van der Waals surface area contributed by atoms with Gasteiger partial charge in [0, 0.05) is 18.0 Å². The highest BCUT2D eigenvalue weighted by molar-refractivity contribution is 7.14. The molecular formula is C11H14F3NO3S. The number of aliphatic hydroxyl groups excluding tert-OH is 1. The average Bonchev–Trinajstić information content (AvgIpc) is 2.58. The summed E-state index contributed by atoms with van der Waals surface area (Å²) in [7, 11) is 0. The Morgan fingerprint density at radius 3 is 2.53 bits per heavy atom. The molecule has 8 heteroatoms. The molecule has 1 aromatic heterocycles. The van der Waals surface area contributed by atoms with E-state index < -0.39 is 18.7 Å². The van der Waals surface area contributed by atoms with E-state index in [1.54, 1.807) is 6.92 Å². The fraction of sp³-hybridized carbons (Fsp3) is 0.545. The molecule has 19 heavy (non-hydrogen) atoms. The number of carboxylic acid groups (broad SMARTS) is 1. The smallest absolute Gasteiger partial charge is 0.401 e. The Morgan fingerprint density at radius 2 is 2.11 bits per heavy atom. The molecule has 0 aliphatic rings. The standard InChI is InChI=1S/C11H14F3NO3S/c1-7-8(4-9(19-7)10(17)18)5-15(2-3-16)6-11(12,13)14/h4,16H,2-3,5-6H2,1H3,(H,17,18). The van der Waals surface area contributed by atoms with Crippen LogP contribution in [0.1, 0.15) is 20.1 Å². The molecule has 0 aromatic carbocycles. The minimum atomic E-state index is -4.35. The van der Waals surface area contributed by atoms with Crippen LogP contribution in [0.25, 0.3) is 0 Å². The van der Waals surface area contributed by atoms with Crippen LogP contribution in [-0.2, 0) is 6.54 Å². The van der Waals surface area contributed by atoms with Crippen LogP contribution < -0.4 is 0 Å². The first-order valence-electron chi connectivity index (χ1n) is 5.45. The van der Waals surface area contributed by atoms with Crippen molar-refractivity contribution in [1.29, 1.82) is 0 Å². The quantitative estimate of drug-likeness (QED) is 0.844. The van der Waals surface area contributed by atoms with Crippen LogP contribution in [0.15, 0.2) is 6.07 Å². The van der Waals surface area contributed by atoms with Crippen LogP contribution in [0.4, 0.5) is 13.2 Å². The molecule has 1 heterocycles. The maximum atomic E-state index is 12.4. The van der Waals surface area contributed by atoms with Crippen molar-refractivity contribution in [2.75, 3.05) is 19.7 Å². The van der Waals surface area contributed by atoms with Gasteiger partial charge in [-0.2, -0.15) is 13.2 Å². The molecule has 0 aliphatic carbocycles. The second kappa shape index (κ2) is 6.36. The molecule has 0 unspecified atom stereocenters. The van der Waals surface area contributed by atoms with Crippen molar-refractivity contribution in [3.63, 3.8) is 0 Å². The normalized spacial score (nSPS) is 12.1. The molecule has 0 atom stereocenters. The predicted octanol–water partition coefficient (Wildman–Crippen LogP) is 2.11. The van der Waals surface area contributed by atoms with E-state index in [1.165, 1.54) is 6.07 Å². The fourth-order valence-corrected chi connectivity index (χ4v) is 2.51. The van der Waals surface area contributed by atoms with Crippen molar-refractivity contribution in [3.8, 4) is 0 Å². The van der Waals surface area contributed by atoms with E-state index in [0.717, 1.165) is 16.2 Å². The maximum Gasteiger partial charge on any atom is 0.401 e. The molecule has 0 bridgehead atoms. The van der Waals surface area contributed by atoms with E-state index in [4.69, 9.17) is 10.2 Å². The first-order chi connectivity index (χ1) is 8.73. The number of alkyl halides is 3. The largest absolute Gasteiger partial charge is 0.477 e. The number of hydrogen-bond acceptors (Lipinski definition) is 4. The van der Waals surface area contributed by atoms with Gasteiger partial charge < -0.3 is 10.2 Å². The summed E-state index contributed by atoms with van der Waals surface area (Å²) in [5, 5.41) is 17.6. The number of rotatable bonds is 6. The summed E-state index contributed by atoms with van der Waals surface area (Å²) >= 11 is 1.03. The van der Waals surface area contributed by atoms with Gasteiger partial charge in [0.15, 0.2) is 0 Å². The summed E-state index contributed by atoms with van der Waals surface area (Å²) in [6, 6.07) is 1.38. The molecular weight excluding hydrogens is 283 g/mol. The number of thiophene rings is 1. The number of aryl methyl sites for hydroxylation is 1. The average molecular weight is 297 g/mol. The Hall–Kier alpha value is -1.12. The van der Waals surface area contributed by atoms with Gasteiger partial charge in [0.05, 0.1) is 13.2 Å². The first kappa shape index (κ1) is 15.9. The second-order valence-corrected chi connectivity index (χ2v) is 5.30. The zero-order valence-electron chi connectivity index (χ0n) is 10.2. The summed E-state index contributed by atoms with van der Waals surface area (Å²) in [6.45, 7) is 0.000340. The third kappa shape index (κ3) is 5.17. The number of nitrogens with zero attached hydrogens (tertiary/aromatic N) is 1. The van der Waals surface area contributed by atoms with E-state index >= 15 is 0 Å². The van der Waals surface area contributed by atoms with Gasteiger partial charge in [0.1, 0.15) is 4.88 Å². The van der Waals surface area contributed by atoms with E-state index in [1.807, 2.05) is 0 Å². The van der Waals surface area contributed by atoms with Crippen molar-refractivity contribution < 1.29 is 28.2 Å². The first-order valence-corrected chi connectivity index (χ1v) is 6.27. The van der Waals surface area contributed by atoms with Crippen LogP contribution in [-0.4, -0.2) is 47.0 Å². The number of hydrogen-bond donors (Lipinski definition) is 2. The summed E-state index contributed by atoms with van der Waals surface area (Å²) in [5.41, 5.74) is 0.542. The third-order valence-corrected chi connectivity index (χ3v) is 3.53. The molecule has 108 valence electrons. The Balaban J connectivity index is 2.81. The van der Waals surface area contributed by atoms with Gasteiger partial charge in [0.25, 0.3) is 0 Å². The molecule has 4 nitrogen and oxygen atoms in total. The van der Waals surface area contributed by atoms with Crippen molar-refractivity contribution >= 4 is 17.3 Å². The molecule has 2 N–H and O–H groups in total. The van der Waals surface area contributed by atoms with Crippen molar-refractivity contribution in [3.05, 3.63) is 21.4 Å². The van der Waals surface area contributed by atoms with Crippen molar-refractivity contribution in [1.82, 2.24) is 4.90 Å². The summed E-state index contributed by atoms with van der Waals surface area (Å²) in [6.07, 6.45) is -4.35. The Labute approximate surface area is 112 Å². The lowest BCUT2D eigenvalue weighted by Crippen LogP contribution is -2.35. The van der Waals surface area contributed by atoms with Crippen LogP contribution in [0.5, 0.6) is 0 Å². The van der Waals surface area contributed by atoms with Crippen LogP contribution >= 0.6 is 11.3 Å². The Morgan fingerprint density at radius 1 is 1.47 bits per heavy atom. The number of carboxylic acids is 1. The molecule has 0 aliphatic heterocycles. The topological polar surface area (TPSA) is 60.8 Å². The number of aliphatic hydroxyl groups is 1. The van der Waals surface area contributed by atoms with Gasteiger partial charge in [-0.15, -0.1) is 11.3 Å². The second-order valence-electron chi connectivity index (χ2n) is 4.05. The Bertz CT molecular complexity index is 445. The van der Waals surface area contributed by atoms with Crippen molar-refractivity contribution in [2.24, 2.45) is 0 Å². The lowest BCUT2D eigenvalue weighted by molar-refractivity contribution is -0.148. The number of aromatic carboxylic acids is 1. The lowest BCUT2D eigenvalue weighted by Gasteiger charge is -2.22.